The highest BCUT2D eigenvalue weighted by Crippen LogP contribution is 2.18. The van der Waals surface area contributed by atoms with Gasteiger partial charge < -0.3 is 10.6 Å². The molecule has 0 aromatic heterocycles. The van der Waals surface area contributed by atoms with E-state index in [0.29, 0.717) is 6.04 Å². The van der Waals surface area contributed by atoms with E-state index < -0.39 is 0 Å². The lowest BCUT2D eigenvalue weighted by atomic mass is 9.97. The summed E-state index contributed by atoms with van der Waals surface area (Å²) in [6.07, 6.45) is 18.3. The van der Waals surface area contributed by atoms with E-state index >= 15 is 0 Å². The van der Waals surface area contributed by atoms with E-state index in [1.165, 1.54) is 77.0 Å². The maximum Gasteiger partial charge on any atom is 0.237 e. The average molecular weight is 294 g/mol. The van der Waals surface area contributed by atoms with Gasteiger partial charge in [0.25, 0.3) is 0 Å². The second kappa shape index (κ2) is 10.2. The van der Waals surface area contributed by atoms with Gasteiger partial charge in [-0.1, -0.05) is 57.8 Å². The van der Waals surface area contributed by atoms with Crippen LogP contribution < -0.4 is 10.6 Å². The molecule has 2 N–H and O–H groups in total. The molecule has 2 fully saturated rings. The van der Waals surface area contributed by atoms with E-state index in [4.69, 9.17) is 0 Å². The third-order valence-electron chi connectivity index (χ3n) is 5.08. The quantitative estimate of drug-likeness (QED) is 0.810. The smallest absolute Gasteiger partial charge is 0.237 e. The zero-order chi connectivity index (χ0) is 14.8. The van der Waals surface area contributed by atoms with Gasteiger partial charge >= 0.3 is 0 Å². The highest BCUT2D eigenvalue weighted by Gasteiger charge is 2.23. The van der Waals surface area contributed by atoms with Crippen LogP contribution in [-0.4, -0.2) is 24.5 Å². The second-order valence-electron chi connectivity index (χ2n) is 6.96. The molecule has 2 rings (SSSR count). The Morgan fingerprint density at radius 3 is 1.86 bits per heavy atom. The van der Waals surface area contributed by atoms with E-state index in [-0.39, 0.29) is 11.9 Å². The first-order valence-electron chi connectivity index (χ1n) is 9.40. The third kappa shape index (κ3) is 6.82. The lowest BCUT2D eigenvalue weighted by Gasteiger charge is -2.24. The SMILES string of the molecule is O=C1NCCCCC1NC1CCCCCCCCCCC1. The molecule has 2 aliphatic rings. The summed E-state index contributed by atoms with van der Waals surface area (Å²) in [5.41, 5.74) is 0. The van der Waals surface area contributed by atoms with Crippen molar-refractivity contribution in [2.24, 2.45) is 0 Å². The minimum Gasteiger partial charge on any atom is -0.355 e. The van der Waals surface area contributed by atoms with Crippen LogP contribution in [0.5, 0.6) is 0 Å². The molecule has 0 aromatic rings. The molecule has 1 amide bonds. The van der Waals surface area contributed by atoms with Crippen LogP contribution in [0.4, 0.5) is 0 Å². The molecule has 0 aromatic carbocycles. The van der Waals surface area contributed by atoms with Crippen LogP contribution in [0.25, 0.3) is 0 Å². The monoisotopic (exact) mass is 294 g/mol. The van der Waals surface area contributed by atoms with Gasteiger partial charge in [0, 0.05) is 12.6 Å². The number of hydrogen-bond acceptors (Lipinski definition) is 2. The molecule has 1 heterocycles. The van der Waals surface area contributed by atoms with Crippen molar-refractivity contribution < 1.29 is 4.79 Å². The van der Waals surface area contributed by atoms with Crippen molar-refractivity contribution in [2.45, 2.75) is 102 Å². The van der Waals surface area contributed by atoms with Crippen molar-refractivity contribution in [3.8, 4) is 0 Å². The predicted octanol–water partition coefficient (Wildman–Crippen LogP) is 3.92. The van der Waals surface area contributed by atoms with E-state index in [9.17, 15) is 4.79 Å². The van der Waals surface area contributed by atoms with Crippen molar-refractivity contribution >= 4 is 5.91 Å². The van der Waals surface area contributed by atoms with Crippen molar-refractivity contribution in [3.63, 3.8) is 0 Å². The molecule has 122 valence electrons. The average Bonchev–Trinajstić information content (AvgIpc) is 2.67. The van der Waals surface area contributed by atoms with Gasteiger partial charge in [-0.15, -0.1) is 0 Å². The van der Waals surface area contributed by atoms with Crippen LogP contribution in [0.3, 0.4) is 0 Å². The topological polar surface area (TPSA) is 41.1 Å². The summed E-state index contributed by atoms with van der Waals surface area (Å²) in [5.74, 6) is 0.235. The zero-order valence-electron chi connectivity index (χ0n) is 13.7. The number of nitrogens with one attached hydrogen (secondary N) is 2. The maximum absolute atomic E-state index is 12.1. The molecular weight excluding hydrogens is 260 g/mol. The number of amides is 1. The Bertz CT molecular complexity index is 281. The number of hydrogen-bond donors (Lipinski definition) is 2. The van der Waals surface area contributed by atoms with Gasteiger partial charge in [0.15, 0.2) is 0 Å². The Morgan fingerprint density at radius 2 is 1.24 bits per heavy atom. The largest absolute Gasteiger partial charge is 0.355 e. The summed E-state index contributed by atoms with van der Waals surface area (Å²) in [6.45, 7) is 0.863. The zero-order valence-corrected chi connectivity index (χ0v) is 13.7. The minimum atomic E-state index is 0.0606. The molecule has 3 heteroatoms. The Morgan fingerprint density at radius 1 is 0.714 bits per heavy atom. The Kier molecular flexibility index (Phi) is 8.16. The fourth-order valence-electron chi connectivity index (χ4n) is 3.71. The van der Waals surface area contributed by atoms with Gasteiger partial charge in [-0.3, -0.25) is 4.79 Å². The molecule has 0 spiro atoms. The van der Waals surface area contributed by atoms with Crippen LogP contribution >= 0.6 is 0 Å². The molecular formula is C18H34N2O. The Labute approximate surface area is 130 Å². The van der Waals surface area contributed by atoms with Gasteiger partial charge in [0.05, 0.1) is 6.04 Å². The van der Waals surface area contributed by atoms with Gasteiger partial charge in [0.1, 0.15) is 0 Å². The summed E-state index contributed by atoms with van der Waals surface area (Å²) >= 11 is 0. The fourth-order valence-corrected chi connectivity index (χ4v) is 3.71. The number of rotatable bonds is 2. The van der Waals surface area contributed by atoms with Crippen LogP contribution in [0, 0.1) is 0 Å². The van der Waals surface area contributed by atoms with Crippen molar-refractivity contribution in [1.82, 2.24) is 10.6 Å². The summed E-state index contributed by atoms with van der Waals surface area (Å²) in [7, 11) is 0. The summed E-state index contributed by atoms with van der Waals surface area (Å²) in [4.78, 5) is 12.1. The lowest BCUT2D eigenvalue weighted by Crippen LogP contribution is -2.47. The fraction of sp³-hybridized carbons (Fsp3) is 0.944. The van der Waals surface area contributed by atoms with Gasteiger partial charge in [-0.2, -0.15) is 0 Å². The normalized spacial score (nSPS) is 28.0. The molecule has 1 saturated carbocycles. The maximum atomic E-state index is 12.1. The van der Waals surface area contributed by atoms with Crippen molar-refractivity contribution in [2.75, 3.05) is 6.54 Å². The van der Waals surface area contributed by atoms with E-state index in [1.54, 1.807) is 0 Å². The van der Waals surface area contributed by atoms with Crippen LogP contribution in [0.1, 0.15) is 89.9 Å². The molecule has 1 aliphatic heterocycles. The molecule has 3 nitrogen and oxygen atoms in total. The summed E-state index contributed by atoms with van der Waals surface area (Å²) < 4.78 is 0. The van der Waals surface area contributed by atoms with E-state index in [0.717, 1.165) is 19.4 Å². The minimum absolute atomic E-state index is 0.0606. The number of carbonyl (C=O) groups is 1. The molecule has 0 radical (unpaired) electrons. The van der Waals surface area contributed by atoms with Crippen molar-refractivity contribution in [1.29, 1.82) is 0 Å². The first-order chi connectivity index (χ1) is 10.4. The molecule has 1 saturated heterocycles. The van der Waals surface area contributed by atoms with Crippen LogP contribution in [0.2, 0.25) is 0 Å². The molecule has 21 heavy (non-hydrogen) atoms. The van der Waals surface area contributed by atoms with Crippen LogP contribution in [-0.2, 0) is 4.79 Å². The summed E-state index contributed by atoms with van der Waals surface area (Å²) in [6, 6.07) is 0.615. The van der Waals surface area contributed by atoms with Crippen molar-refractivity contribution in [3.05, 3.63) is 0 Å². The molecule has 1 aliphatic carbocycles. The van der Waals surface area contributed by atoms with Gasteiger partial charge in [-0.05, 0) is 32.1 Å². The highest BCUT2D eigenvalue weighted by atomic mass is 16.2. The third-order valence-corrected chi connectivity index (χ3v) is 5.08. The molecule has 1 unspecified atom stereocenters. The molecule has 1 atom stereocenters. The predicted molar refractivity (Wildman–Crippen MR) is 88.4 cm³/mol. The standard InChI is InChI=1S/C18H34N2O/c21-18-17(14-10-11-15-19-18)20-16-12-8-6-4-2-1-3-5-7-9-13-16/h16-17,20H,1-15H2,(H,19,21). The van der Waals surface area contributed by atoms with Gasteiger partial charge in [0.2, 0.25) is 5.91 Å². The first-order valence-corrected chi connectivity index (χ1v) is 9.40. The lowest BCUT2D eigenvalue weighted by molar-refractivity contribution is -0.123. The number of carbonyl (C=O) groups excluding carboxylic acids is 1. The highest BCUT2D eigenvalue weighted by molar-refractivity contribution is 5.81. The van der Waals surface area contributed by atoms with Crippen LogP contribution in [0.15, 0.2) is 0 Å². The summed E-state index contributed by atoms with van der Waals surface area (Å²) in [5, 5.41) is 6.74. The van der Waals surface area contributed by atoms with E-state index in [1.807, 2.05) is 0 Å². The van der Waals surface area contributed by atoms with Gasteiger partial charge in [-0.25, -0.2) is 0 Å². The molecule has 0 bridgehead atoms. The first kappa shape index (κ1) is 16.8. The second-order valence-corrected chi connectivity index (χ2v) is 6.96. The Balaban J connectivity index is 1.80. The Hall–Kier alpha value is -0.570. The van der Waals surface area contributed by atoms with E-state index in [2.05, 4.69) is 10.6 Å².